The Hall–Kier alpha value is 0.270. The number of aliphatic hydroxyl groups excluding tert-OH is 1. The third-order valence-corrected chi connectivity index (χ3v) is 3.03. The van der Waals surface area contributed by atoms with E-state index in [9.17, 15) is 0 Å². The topological polar surface area (TPSA) is 32.3 Å². The molecule has 0 bridgehead atoms. The monoisotopic (exact) mass is 175 g/mol. The van der Waals surface area contributed by atoms with Gasteiger partial charge >= 0.3 is 0 Å². The highest BCUT2D eigenvalue weighted by Gasteiger charge is 2.35. The van der Waals surface area contributed by atoms with Crippen LogP contribution in [0.25, 0.3) is 0 Å². The molecule has 2 nitrogen and oxygen atoms in total. The summed E-state index contributed by atoms with van der Waals surface area (Å²) in [6.07, 6.45) is 5.68. The molecule has 0 radical (unpaired) electrons. The summed E-state index contributed by atoms with van der Waals surface area (Å²) >= 11 is 1.84. The summed E-state index contributed by atoms with van der Waals surface area (Å²) in [5.41, 5.74) is 0.107. The van der Waals surface area contributed by atoms with E-state index >= 15 is 0 Å². The fraction of sp³-hybridized carbons (Fsp3) is 1.00. The van der Waals surface area contributed by atoms with E-state index in [-0.39, 0.29) is 5.54 Å². The first-order valence-corrected chi connectivity index (χ1v) is 5.57. The SMILES string of the molecule is CSCCNC1(CO)CCC1. The Balaban J connectivity index is 2.11. The van der Waals surface area contributed by atoms with Gasteiger partial charge in [0.2, 0.25) is 0 Å². The molecule has 0 aliphatic heterocycles. The predicted octanol–water partition coefficient (Wildman–Crippen LogP) is 0.854. The van der Waals surface area contributed by atoms with Crippen molar-refractivity contribution in [2.24, 2.45) is 0 Å². The molecule has 0 aromatic heterocycles. The van der Waals surface area contributed by atoms with E-state index in [1.165, 1.54) is 6.42 Å². The molecule has 0 heterocycles. The number of hydrogen-bond acceptors (Lipinski definition) is 3. The lowest BCUT2D eigenvalue weighted by molar-refractivity contribution is 0.0911. The van der Waals surface area contributed by atoms with Crippen LogP contribution in [0.15, 0.2) is 0 Å². The first-order valence-electron chi connectivity index (χ1n) is 4.18. The Morgan fingerprint density at radius 3 is 2.64 bits per heavy atom. The van der Waals surface area contributed by atoms with E-state index in [0.717, 1.165) is 25.1 Å². The van der Waals surface area contributed by atoms with E-state index < -0.39 is 0 Å². The highest BCUT2D eigenvalue weighted by atomic mass is 32.2. The average Bonchev–Trinajstić information content (AvgIpc) is 1.95. The van der Waals surface area contributed by atoms with Gasteiger partial charge in [-0.2, -0.15) is 11.8 Å². The minimum absolute atomic E-state index is 0.107. The fourth-order valence-corrected chi connectivity index (χ4v) is 1.72. The van der Waals surface area contributed by atoms with Crippen molar-refractivity contribution < 1.29 is 5.11 Å². The van der Waals surface area contributed by atoms with Gasteiger partial charge in [-0.15, -0.1) is 0 Å². The lowest BCUT2D eigenvalue weighted by Crippen LogP contribution is -2.54. The van der Waals surface area contributed by atoms with Crippen molar-refractivity contribution in [3.8, 4) is 0 Å². The normalized spacial score (nSPS) is 21.3. The molecule has 0 atom stereocenters. The highest BCUT2D eigenvalue weighted by molar-refractivity contribution is 7.98. The zero-order chi connectivity index (χ0) is 8.16. The van der Waals surface area contributed by atoms with Gasteiger partial charge in [0.15, 0.2) is 0 Å². The second-order valence-corrected chi connectivity index (χ2v) is 4.20. The molecule has 1 saturated carbocycles. The quantitative estimate of drug-likeness (QED) is 0.608. The van der Waals surface area contributed by atoms with Crippen LogP contribution in [0.3, 0.4) is 0 Å². The molecule has 0 saturated heterocycles. The first-order chi connectivity index (χ1) is 5.33. The molecular formula is C8H17NOS. The number of thioether (sulfide) groups is 1. The Morgan fingerprint density at radius 1 is 1.55 bits per heavy atom. The molecule has 66 valence electrons. The molecule has 0 aromatic rings. The predicted molar refractivity (Wildman–Crippen MR) is 50.1 cm³/mol. The van der Waals surface area contributed by atoms with E-state index in [1.807, 2.05) is 11.8 Å². The van der Waals surface area contributed by atoms with Crippen LogP contribution >= 0.6 is 11.8 Å². The van der Waals surface area contributed by atoms with Crippen molar-refractivity contribution in [1.82, 2.24) is 5.32 Å². The Kier molecular flexibility index (Phi) is 3.69. The van der Waals surface area contributed by atoms with Gasteiger partial charge in [-0.05, 0) is 25.5 Å². The summed E-state index contributed by atoms with van der Waals surface area (Å²) in [4.78, 5) is 0. The van der Waals surface area contributed by atoms with Crippen LogP contribution in [-0.4, -0.2) is 35.8 Å². The summed E-state index contributed by atoms with van der Waals surface area (Å²) in [6, 6.07) is 0. The van der Waals surface area contributed by atoms with Crippen molar-refractivity contribution in [3.05, 3.63) is 0 Å². The summed E-state index contributed by atoms with van der Waals surface area (Å²) in [7, 11) is 0. The van der Waals surface area contributed by atoms with E-state index in [1.54, 1.807) is 0 Å². The van der Waals surface area contributed by atoms with Gasteiger partial charge in [0.25, 0.3) is 0 Å². The average molecular weight is 175 g/mol. The lowest BCUT2D eigenvalue weighted by Gasteiger charge is -2.41. The van der Waals surface area contributed by atoms with Crippen molar-refractivity contribution in [1.29, 1.82) is 0 Å². The number of hydrogen-bond donors (Lipinski definition) is 2. The molecule has 1 fully saturated rings. The molecule has 0 amide bonds. The van der Waals surface area contributed by atoms with Crippen LogP contribution in [-0.2, 0) is 0 Å². The number of aliphatic hydroxyl groups is 1. The van der Waals surface area contributed by atoms with Crippen molar-refractivity contribution in [3.63, 3.8) is 0 Å². The van der Waals surface area contributed by atoms with Gasteiger partial charge in [-0.25, -0.2) is 0 Å². The largest absolute Gasteiger partial charge is 0.394 e. The maximum atomic E-state index is 9.07. The van der Waals surface area contributed by atoms with Crippen molar-refractivity contribution in [2.75, 3.05) is 25.2 Å². The van der Waals surface area contributed by atoms with Crippen LogP contribution in [0.2, 0.25) is 0 Å². The molecule has 1 aliphatic rings. The summed E-state index contributed by atoms with van der Waals surface area (Å²) in [6.45, 7) is 1.34. The standard InChI is InChI=1S/C8H17NOS/c1-11-6-5-9-8(7-10)3-2-4-8/h9-10H,2-7H2,1H3. The smallest absolute Gasteiger partial charge is 0.0613 e. The highest BCUT2D eigenvalue weighted by Crippen LogP contribution is 2.30. The van der Waals surface area contributed by atoms with Gasteiger partial charge in [-0.1, -0.05) is 0 Å². The summed E-state index contributed by atoms with van der Waals surface area (Å²) in [5, 5.41) is 12.5. The second-order valence-electron chi connectivity index (χ2n) is 3.21. The van der Waals surface area contributed by atoms with E-state index in [2.05, 4.69) is 11.6 Å². The van der Waals surface area contributed by atoms with E-state index in [0.29, 0.717) is 6.61 Å². The van der Waals surface area contributed by atoms with Crippen LogP contribution in [0.4, 0.5) is 0 Å². The third kappa shape index (κ3) is 2.36. The molecular weight excluding hydrogens is 158 g/mol. The maximum Gasteiger partial charge on any atom is 0.0613 e. The van der Waals surface area contributed by atoms with Crippen molar-refractivity contribution in [2.45, 2.75) is 24.8 Å². The van der Waals surface area contributed by atoms with E-state index in [4.69, 9.17) is 5.11 Å². The zero-order valence-corrected chi connectivity index (χ0v) is 7.91. The number of nitrogens with one attached hydrogen (secondary N) is 1. The zero-order valence-electron chi connectivity index (χ0n) is 7.10. The van der Waals surface area contributed by atoms with Gasteiger partial charge in [-0.3, -0.25) is 0 Å². The van der Waals surface area contributed by atoms with Gasteiger partial charge in [0.1, 0.15) is 0 Å². The van der Waals surface area contributed by atoms with Crippen LogP contribution < -0.4 is 5.32 Å². The minimum atomic E-state index is 0.107. The van der Waals surface area contributed by atoms with Crippen molar-refractivity contribution >= 4 is 11.8 Å². The van der Waals surface area contributed by atoms with Crippen LogP contribution in [0.1, 0.15) is 19.3 Å². The third-order valence-electron chi connectivity index (χ3n) is 2.42. The first kappa shape index (κ1) is 9.36. The molecule has 0 spiro atoms. The van der Waals surface area contributed by atoms with Gasteiger partial charge < -0.3 is 10.4 Å². The Labute approximate surface area is 72.8 Å². The fourth-order valence-electron chi connectivity index (χ4n) is 1.41. The molecule has 0 unspecified atom stereocenters. The van der Waals surface area contributed by atoms with Gasteiger partial charge in [0, 0.05) is 17.8 Å². The minimum Gasteiger partial charge on any atom is -0.394 e. The summed E-state index contributed by atoms with van der Waals surface area (Å²) < 4.78 is 0. The lowest BCUT2D eigenvalue weighted by atomic mass is 9.77. The van der Waals surface area contributed by atoms with Crippen LogP contribution in [0.5, 0.6) is 0 Å². The summed E-state index contributed by atoms with van der Waals surface area (Å²) in [5.74, 6) is 1.14. The molecule has 11 heavy (non-hydrogen) atoms. The molecule has 1 rings (SSSR count). The maximum absolute atomic E-state index is 9.07. The second kappa shape index (κ2) is 4.33. The molecule has 2 N–H and O–H groups in total. The Bertz CT molecular complexity index is 109. The number of rotatable bonds is 5. The molecule has 3 heteroatoms. The van der Waals surface area contributed by atoms with Crippen LogP contribution in [0, 0.1) is 0 Å². The van der Waals surface area contributed by atoms with Gasteiger partial charge in [0.05, 0.1) is 6.61 Å². The molecule has 1 aliphatic carbocycles. The Morgan fingerprint density at radius 2 is 2.27 bits per heavy atom. The molecule has 0 aromatic carbocycles.